The third-order valence-electron chi connectivity index (χ3n) is 4.07. The first-order chi connectivity index (χ1) is 9.73. The highest BCUT2D eigenvalue weighted by molar-refractivity contribution is 5.80. The Morgan fingerprint density at radius 2 is 2.05 bits per heavy atom. The van der Waals surface area contributed by atoms with Crippen LogP contribution in [0.3, 0.4) is 0 Å². The van der Waals surface area contributed by atoms with Crippen molar-refractivity contribution < 1.29 is 0 Å². The Morgan fingerprint density at radius 1 is 1.38 bits per heavy atom. The van der Waals surface area contributed by atoms with Crippen molar-refractivity contribution >= 4 is 5.96 Å². The number of nitrogens with zero attached hydrogens (tertiary/aromatic N) is 3. The number of hydrogen-bond acceptors (Lipinski definition) is 2. The van der Waals surface area contributed by atoms with E-state index in [0.717, 1.165) is 44.0 Å². The van der Waals surface area contributed by atoms with Gasteiger partial charge in [0.05, 0.1) is 0 Å². The van der Waals surface area contributed by atoms with E-state index in [9.17, 15) is 0 Å². The molecule has 1 rings (SSSR count). The molecule has 0 radical (unpaired) electrons. The van der Waals surface area contributed by atoms with Gasteiger partial charge < -0.3 is 15.1 Å². The topological polar surface area (TPSA) is 30.9 Å². The van der Waals surface area contributed by atoms with Crippen LogP contribution in [0, 0.1) is 17.3 Å². The van der Waals surface area contributed by atoms with Crippen molar-refractivity contribution in [3.8, 4) is 0 Å². The van der Waals surface area contributed by atoms with Crippen LogP contribution in [0.4, 0.5) is 0 Å². The molecule has 0 aromatic rings. The highest BCUT2D eigenvalue weighted by Crippen LogP contribution is 2.23. The number of guanidine groups is 1. The highest BCUT2D eigenvalue weighted by Gasteiger charge is 2.26. The Kier molecular flexibility index (Phi) is 6.98. The first-order valence-electron chi connectivity index (χ1n) is 8.34. The molecule has 0 bridgehead atoms. The van der Waals surface area contributed by atoms with Crippen LogP contribution in [0.2, 0.25) is 0 Å². The first kappa shape index (κ1) is 18.3. The molecular formula is C17H36N4. The fourth-order valence-corrected chi connectivity index (χ4v) is 3.45. The Bertz CT molecular complexity index is 334. The molecule has 0 saturated carbocycles. The van der Waals surface area contributed by atoms with E-state index in [4.69, 9.17) is 0 Å². The van der Waals surface area contributed by atoms with Crippen molar-refractivity contribution in [2.75, 3.05) is 47.3 Å². The summed E-state index contributed by atoms with van der Waals surface area (Å²) in [5, 5.41) is 3.58. The maximum absolute atomic E-state index is 4.48. The van der Waals surface area contributed by atoms with Crippen LogP contribution in [-0.4, -0.2) is 63.1 Å². The van der Waals surface area contributed by atoms with Crippen molar-refractivity contribution in [1.82, 2.24) is 15.1 Å². The lowest BCUT2D eigenvalue weighted by Crippen LogP contribution is -2.46. The molecule has 4 heteroatoms. The summed E-state index contributed by atoms with van der Waals surface area (Å²) < 4.78 is 0. The summed E-state index contributed by atoms with van der Waals surface area (Å²) in [6.07, 6.45) is 2.64. The van der Waals surface area contributed by atoms with Gasteiger partial charge in [-0.1, -0.05) is 27.7 Å². The fraction of sp³-hybridized carbons (Fsp3) is 0.941. The summed E-state index contributed by atoms with van der Waals surface area (Å²) in [6.45, 7) is 13.6. The van der Waals surface area contributed by atoms with Gasteiger partial charge in [-0.15, -0.1) is 0 Å². The second-order valence-electron chi connectivity index (χ2n) is 8.03. The lowest BCUT2D eigenvalue weighted by atomic mass is 9.93. The minimum Gasteiger partial charge on any atom is -0.356 e. The maximum atomic E-state index is 4.48. The van der Waals surface area contributed by atoms with Gasteiger partial charge >= 0.3 is 0 Å². The quantitative estimate of drug-likeness (QED) is 0.603. The molecule has 1 aliphatic rings. The zero-order valence-corrected chi connectivity index (χ0v) is 15.2. The van der Waals surface area contributed by atoms with Gasteiger partial charge in [-0.3, -0.25) is 4.99 Å². The molecule has 0 aliphatic carbocycles. The molecular weight excluding hydrogens is 260 g/mol. The second kappa shape index (κ2) is 8.02. The lowest BCUT2D eigenvalue weighted by molar-refractivity contribution is 0.239. The molecule has 1 heterocycles. The van der Waals surface area contributed by atoms with E-state index in [-0.39, 0.29) is 5.41 Å². The first-order valence-corrected chi connectivity index (χ1v) is 8.34. The van der Waals surface area contributed by atoms with Crippen LogP contribution in [0.1, 0.15) is 40.5 Å². The molecule has 0 aromatic heterocycles. The van der Waals surface area contributed by atoms with Gasteiger partial charge in [0, 0.05) is 33.2 Å². The minimum absolute atomic E-state index is 0.247. The average molecular weight is 297 g/mol. The molecule has 1 saturated heterocycles. The average Bonchev–Trinajstić information content (AvgIpc) is 2.75. The van der Waals surface area contributed by atoms with Crippen LogP contribution in [-0.2, 0) is 0 Å². The zero-order valence-electron chi connectivity index (χ0n) is 15.2. The van der Waals surface area contributed by atoms with Crippen molar-refractivity contribution in [2.24, 2.45) is 22.2 Å². The normalized spacial score (nSPS) is 20.7. The molecule has 4 nitrogen and oxygen atoms in total. The fourth-order valence-electron chi connectivity index (χ4n) is 3.45. The molecule has 1 unspecified atom stereocenters. The predicted molar refractivity (Wildman–Crippen MR) is 92.8 cm³/mol. The third kappa shape index (κ3) is 6.68. The molecule has 1 fully saturated rings. The van der Waals surface area contributed by atoms with E-state index in [1.807, 2.05) is 7.05 Å². The Labute approximate surface area is 132 Å². The van der Waals surface area contributed by atoms with Crippen molar-refractivity contribution in [3.63, 3.8) is 0 Å². The molecule has 0 spiro atoms. The zero-order chi connectivity index (χ0) is 16.0. The Hall–Kier alpha value is -0.770. The van der Waals surface area contributed by atoms with Crippen LogP contribution < -0.4 is 5.32 Å². The van der Waals surface area contributed by atoms with Gasteiger partial charge in [-0.25, -0.2) is 0 Å². The second-order valence-corrected chi connectivity index (χ2v) is 8.03. The molecule has 1 aliphatic heterocycles. The molecule has 1 atom stereocenters. The highest BCUT2D eigenvalue weighted by atomic mass is 15.3. The Balaban J connectivity index is 2.46. The van der Waals surface area contributed by atoms with Gasteiger partial charge in [-0.2, -0.15) is 0 Å². The van der Waals surface area contributed by atoms with Gasteiger partial charge in [0.25, 0.3) is 0 Å². The van der Waals surface area contributed by atoms with Crippen molar-refractivity contribution in [3.05, 3.63) is 0 Å². The summed E-state index contributed by atoms with van der Waals surface area (Å²) in [5.41, 5.74) is 0.247. The van der Waals surface area contributed by atoms with E-state index in [2.05, 4.69) is 61.9 Å². The van der Waals surface area contributed by atoms with E-state index in [0.29, 0.717) is 0 Å². The van der Waals surface area contributed by atoms with Crippen LogP contribution in [0.5, 0.6) is 0 Å². The summed E-state index contributed by atoms with van der Waals surface area (Å²) >= 11 is 0. The monoisotopic (exact) mass is 296 g/mol. The van der Waals surface area contributed by atoms with Gasteiger partial charge in [0.15, 0.2) is 5.96 Å². The molecule has 0 aromatic carbocycles. The molecule has 124 valence electrons. The number of nitrogens with one attached hydrogen (secondary N) is 1. The standard InChI is InChI=1S/C17H36N4/c1-14(2)10-15-8-9-21(11-15)16(18-5)19-12-17(3,4)13-20(6)7/h14-15H,8-13H2,1-7H3,(H,18,19). The lowest BCUT2D eigenvalue weighted by Gasteiger charge is -2.31. The molecule has 1 N–H and O–H groups in total. The largest absolute Gasteiger partial charge is 0.356 e. The number of aliphatic imine (C=N–C) groups is 1. The number of hydrogen-bond donors (Lipinski definition) is 1. The molecule has 21 heavy (non-hydrogen) atoms. The SMILES string of the molecule is CN=C(NCC(C)(C)CN(C)C)N1CCC(CC(C)C)C1. The van der Waals surface area contributed by atoms with Gasteiger partial charge in [-0.05, 0) is 44.2 Å². The van der Waals surface area contributed by atoms with E-state index in [1.54, 1.807) is 0 Å². The number of likely N-dealkylation sites (tertiary alicyclic amines) is 1. The van der Waals surface area contributed by atoms with E-state index < -0.39 is 0 Å². The summed E-state index contributed by atoms with van der Waals surface area (Å²) in [5.74, 6) is 2.70. The molecule has 0 amide bonds. The third-order valence-corrected chi connectivity index (χ3v) is 4.07. The Morgan fingerprint density at radius 3 is 2.57 bits per heavy atom. The van der Waals surface area contributed by atoms with Gasteiger partial charge in [0.1, 0.15) is 0 Å². The predicted octanol–water partition coefficient (Wildman–Crippen LogP) is 2.52. The van der Waals surface area contributed by atoms with Gasteiger partial charge in [0.2, 0.25) is 0 Å². The maximum Gasteiger partial charge on any atom is 0.193 e. The smallest absolute Gasteiger partial charge is 0.193 e. The summed E-state index contributed by atoms with van der Waals surface area (Å²) in [7, 11) is 6.16. The van der Waals surface area contributed by atoms with Crippen LogP contribution in [0.25, 0.3) is 0 Å². The van der Waals surface area contributed by atoms with Crippen molar-refractivity contribution in [1.29, 1.82) is 0 Å². The van der Waals surface area contributed by atoms with Crippen LogP contribution in [0.15, 0.2) is 4.99 Å². The van der Waals surface area contributed by atoms with E-state index in [1.165, 1.54) is 12.8 Å². The summed E-state index contributed by atoms with van der Waals surface area (Å²) in [4.78, 5) is 9.16. The summed E-state index contributed by atoms with van der Waals surface area (Å²) in [6, 6.07) is 0. The minimum atomic E-state index is 0.247. The van der Waals surface area contributed by atoms with Crippen molar-refractivity contribution in [2.45, 2.75) is 40.5 Å². The number of rotatable bonds is 6. The van der Waals surface area contributed by atoms with Crippen LogP contribution >= 0.6 is 0 Å². The van der Waals surface area contributed by atoms with E-state index >= 15 is 0 Å².